The van der Waals surface area contributed by atoms with E-state index in [0.717, 1.165) is 30.2 Å². The number of hydrogen-bond donors (Lipinski definition) is 1. The van der Waals surface area contributed by atoms with Gasteiger partial charge in [0.25, 0.3) is 0 Å². The molecular formula is C15H22N4. The van der Waals surface area contributed by atoms with Crippen molar-refractivity contribution in [1.82, 2.24) is 19.9 Å². The third kappa shape index (κ3) is 3.01. The summed E-state index contributed by atoms with van der Waals surface area (Å²) >= 11 is 0. The molecule has 2 aromatic heterocycles. The summed E-state index contributed by atoms with van der Waals surface area (Å²) in [5, 5.41) is 3.49. The minimum Gasteiger partial charge on any atom is -0.310 e. The van der Waals surface area contributed by atoms with Crippen LogP contribution in [0.5, 0.6) is 0 Å². The molecule has 0 aliphatic carbocycles. The molecule has 1 atom stereocenters. The van der Waals surface area contributed by atoms with Gasteiger partial charge in [0.2, 0.25) is 0 Å². The molecule has 0 saturated carbocycles. The first-order valence-corrected chi connectivity index (χ1v) is 6.83. The topological polar surface area (TPSA) is 42.7 Å². The highest BCUT2D eigenvalue weighted by Gasteiger charge is 2.09. The molecular weight excluding hydrogens is 236 g/mol. The third-order valence-electron chi connectivity index (χ3n) is 3.47. The number of nitrogens with zero attached hydrogens (tertiary/aromatic N) is 3. The third-order valence-corrected chi connectivity index (χ3v) is 3.47. The van der Waals surface area contributed by atoms with Crippen molar-refractivity contribution >= 4 is 0 Å². The van der Waals surface area contributed by atoms with Gasteiger partial charge in [0, 0.05) is 17.9 Å². The molecule has 0 aliphatic rings. The van der Waals surface area contributed by atoms with Crippen molar-refractivity contribution in [2.45, 2.75) is 40.2 Å². The van der Waals surface area contributed by atoms with Gasteiger partial charge in [0.05, 0.1) is 5.69 Å². The summed E-state index contributed by atoms with van der Waals surface area (Å²) in [6.45, 7) is 9.47. The molecule has 0 radical (unpaired) electrons. The molecule has 1 N–H and O–H groups in total. The average Bonchev–Trinajstić information content (AvgIpc) is 2.76. The van der Waals surface area contributed by atoms with Gasteiger partial charge in [-0.05, 0) is 51.4 Å². The second-order valence-corrected chi connectivity index (χ2v) is 4.91. The first-order valence-electron chi connectivity index (χ1n) is 6.83. The second-order valence-electron chi connectivity index (χ2n) is 4.91. The SMILES string of the molecule is CCCNC(C)c1ccnc(-n2cnc(C)c2C)c1. The van der Waals surface area contributed by atoms with Crippen LogP contribution in [-0.2, 0) is 0 Å². The Hall–Kier alpha value is -1.68. The predicted octanol–water partition coefficient (Wildman–Crippen LogP) is 2.94. The summed E-state index contributed by atoms with van der Waals surface area (Å²) in [5.74, 6) is 0.931. The van der Waals surface area contributed by atoms with E-state index >= 15 is 0 Å². The van der Waals surface area contributed by atoms with E-state index in [1.807, 2.05) is 24.0 Å². The minimum absolute atomic E-state index is 0.339. The number of nitrogens with one attached hydrogen (secondary N) is 1. The van der Waals surface area contributed by atoms with Gasteiger partial charge in [-0.3, -0.25) is 4.57 Å². The first kappa shape index (κ1) is 13.7. The van der Waals surface area contributed by atoms with Crippen molar-refractivity contribution in [1.29, 1.82) is 0 Å². The van der Waals surface area contributed by atoms with Crippen LogP contribution in [0.2, 0.25) is 0 Å². The van der Waals surface area contributed by atoms with Gasteiger partial charge in [0.15, 0.2) is 0 Å². The summed E-state index contributed by atoms with van der Waals surface area (Å²) in [4.78, 5) is 8.77. The van der Waals surface area contributed by atoms with Gasteiger partial charge in [-0.15, -0.1) is 0 Å². The van der Waals surface area contributed by atoms with Crippen LogP contribution in [0.15, 0.2) is 24.7 Å². The quantitative estimate of drug-likeness (QED) is 0.896. The van der Waals surface area contributed by atoms with Crippen LogP contribution < -0.4 is 5.32 Å². The van der Waals surface area contributed by atoms with Gasteiger partial charge in [-0.1, -0.05) is 6.92 Å². The zero-order chi connectivity index (χ0) is 13.8. The maximum atomic E-state index is 4.44. The highest BCUT2D eigenvalue weighted by atomic mass is 15.1. The lowest BCUT2D eigenvalue weighted by Crippen LogP contribution is -2.19. The van der Waals surface area contributed by atoms with Crippen LogP contribution >= 0.6 is 0 Å². The van der Waals surface area contributed by atoms with Crippen LogP contribution in [0.4, 0.5) is 0 Å². The zero-order valence-corrected chi connectivity index (χ0v) is 12.1. The van der Waals surface area contributed by atoms with Crippen LogP contribution in [0.3, 0.4) is 0 Å². The Balaban J connectivity index is 2.26. The molecule has 102 valence electrons. The summed E-state index contributed by atoms with van der Waals surface area (Å²) < 4.78 is 2.03. The second kappa shape index (κ2) is 5.97. The van der Waals surface area contributed by atoms with E-state index in [9.17, 15) is 0 Å². The fourth-order valence-electron chi connectivity index (χ4n) is 2.04. The lowest BCUT2D eigenvalue weighted by molar-refractivity contribution is 0.570. The van der Waals surface area contributed by atoms with Gasteiger partial charge in [0.1, 0.15) is 12.1 Å². The van der Waals surface area contributed by atoms with E-state index in [0.29, 0.717) is 6.04 Å². The number of aromatic nitrogens is 3. The number of hydrogen-bond acceptors (Lipinski definition) is 3. The normalized spacial score (nSPS) is 12.6. The van der Waals surface area contributed by atoms with Crippen LogP contribution in [0.25, 0.3) is 5.82 Å². The molecule has 0 aliphatic heterocycles. The molecule has 4 nitrogen and oxygen atoms in total. The number of pyridine rings is 1. The molecule has 2 heterocycles. The van der Waals surface area contributed by atoms with Crippen LogP contribution in [0, 0.1) is 13.8 Å². The minimum atomic E-state index is 0.339. The van der Waals surface area contributed by atoms with Crippen molar-refractivity contribution in [3.63, 3.8) is 0 Å². The highest BCUT2D eigenvalue weighted by molar-refractivity contribution is 5.32. The Kier molecular flexibility index (Phi) is 4.32. The molecule has 0 spiro atoms. The Morgan fingerprint density at radius 1 is 1.32 bits per heavy atom. The van der Waals surface area contributed by atoms with E-state index in [-0.39, 0.29) is 0 Å². The van der Waals surface area contributed by atoms with Crippen molar-refractivity contribution in [3.05, 3.63) is 41.6 Å². The zero-order valence-electron chi connectivity index (χ0n) is 12.1. The molecule has 0 amide bonds. The van der Waals surface area contributed by atoms with E-state index in [1.165, 1.54) is 5.56 Å². The molecule has 0 fully saturated rings. The first-order chi connectivity index (χ1) is 9.13. The average molecular weight is 258 g/mol. The van der Waals surface area contributed by atoms with Crippen molar-refractivity contribution in [2.24, 2.45) is 0 Å². The largest absolute Gasteiger partial charge is 0.310 e. The summed E-state index contributed by atoms with van der Waals surface area (Å²) in [7, 11) is 0. The van der Waals surface area contributed by atoms with Crippen LogP contribution in [0.1, 0.15) is 43.3 Å². The Labute approximate surface area is 114 Å². The molecule has 19 heavy (non-hydrogen) atoms. The summed E-state index contributed by atoms with van der Waals surface area (Å²) in [6, 6.07) is 4.53. The van der Waals surface area contributed by atoms with Crippen molar-refractivity contribution in [2.75, 3.05) is 6.54 Å². The molecule has 2 aromatic rings. The predicted molar refractivity (Wildman–Crippen MR) is 77.5 cm³/mol. The fourth-order valence-corrected chi connectivity index (χ4v) is 2.04. The van der Waals surface area contributed by atoms with E-state index in [4.69, 9.17) is 0 Å². The number of aryl methyl sites for hydroxylation is 1. The van der Waals surface area contributed by atoms with Gasteiger partial charge < -0.3 is 5.32 Å². The van der Waals surface area contributed by atoms with E-state index < -0.39 is 0 Å². The molecule has 0 bridgehead atoms. The maximum absolute atomic E-state index is 4.44. The van der Waals surface area contributed by atoms with Gasteiger partial charge >= 0.3 is 0 Å². The van der Waals surface area contributed by atoms with Crippen molar-refractivity contribution < 1.29 is 0 Å². The fraction of sp³-hybridized carbons (Fsp3) is 0.467. The highest BCUT2D eigenvalue weighted by Crippen LogP contribution is 2.17. The summed E-state index contributed by atoms with van der Waals surface area (Å²) in [6.07, 6.45) is 4.84. The Bertz CT molecular complexity index is 545. The van der Waals surface area contributed by atoms with E-state index in [1.54, 1.807) is 0 Å². The molecule has 2 rings (SSSR count). The lowest BCUT2D eigenvalue weighted by atomic mass is 10.1. The maximum Gasteiger partial charge on any atom is 0.138 e. The van der Waals surface area contributed by atoms with Crippen LogP contribution in [-0.4, -0.2) is 21.1 Å². The number of imidazole rings is 1. The number of rotatable bonds is 5. The van der Waals surface area contributed by atoms with Gasteiger partial charge in [-0.25, -0.2) is 9.97 Å². The lowest BCUT2D eigenvalue weighted by Gasteiger charge is -2.14. The van der Waals surface area contributed by atoms with Crippen molar-refractivity contribution in [3.8, 4) is 5.82 Å². The molecule has 1 unspecified atom stereocenters. The Morgan fingerprint density at radius 2 is 2.11 bits per heavy atom. The standard InChI is InChI=1S/C15H22N4/c1-5-7-16-12(3)14-6-8-17-15(9-14)19-10-18-11(2)13(19)4/h6,8-10,12,16H,5,7H2,1-4H3. The van der Waals surface area contributed by atoms with E-state index in [2.05, 4.69) is 48.2 Å². The molecule has 0 aromatic carbocycles. The molecule has 4 heteroatoms. The monoisotopic (exact) mass is 258 g/mol. The van der Waals surface area contributed by atoms with Gasteiger partial charge in [-0.2, -0.15) is 0 Å². The Morgan fingerprint density at radius 3 is 2.74 bits per heavy atom. The molecule has 0 saturated heterocycles. The smallest absolute Gasteiger partial charge is 0.138 e. The summed E-state index contributed by atoms with van der Waals surface area (Å²) in [5.41, 5.74) is 3.44.